The number of aromatic nitrogens is 3. The smallest absolute Gasteiger partial charge is 0.333 e. The van der Waals surface area contributed by atoms with Gasteiger partial charge in [-0.1, -0.05) is 0 Å². The number of carbonyl (C=O) groups excluding carboxylic acids is 1. The van der Waals surface area contributed by atoms with Crippen molar-refractivity contribution in [3.05, 3.63) is 45.0 Å². The molecule has 1 aromatic heterocycles. The second kappa shape index (κ2) is 6.31. The van der Waals surface area contributed by atoms with Crippen LogP contribution in [-0.4, -0.2) is 33.3 Å². The molecule has 0 radical (unpaired) electrons. The van der Waals surface area contributed by atoms with Crippen LogP contribution in [0.25, 0.3) is 0 Å². The van der Waals surface area contributed by atoms with Crippen molar-refractivity contribution in [3.63, 3.8) is 0 Å². The number of Topliss-reactive ketones (excluding diaryl/α,β-unsaturated/α-hetero) is 1. The highest BCUT2D eigenvalue weighted by Crippen LogP contribution is 2.27. The van der Waals surface area contributed by atoms with Crippen molar-refractivity contribution in [1.82, 2.24) is 14.3 Å². The number of ketones is 1. The summed E-state index contributed by atoms with van der Waals surface area (Å²) >= 11 is 0. The van der Waals surface area contributed by atoms with Gasteiger partial charge in [-0.3, -0.25) is 19.0 Å². The largest absolute Gasteiger partial charge is 0.494 e. The Morgan fingerprint density at radius 3 is 2.50 bits per heavy atom. The number of fused-ring (bicyclic) bond motifs is 1. The molecule has 8 nitrogen and oxygen atoms in total. The molecule has 0 aliphatic carbocycles. The zero-order valence-corrected chi connectivity index (χ0v) is 13.6. The fourth-order valence-electron chi connectivity index (χ4n) is 2.68. The summed E-state index contributed by atoms with van der Waals surface area (Å²) < 4.78 is 7.69. The zero-order chi connectivity index (χ0) is 17.3. The van der Waals surface area contributed by atoms with Crippen molar-refractivity contribution in [2.75, 3.05) is 18.1 Å². The van der Waals surface area contributed by atoms with Crippen LogP contribution in [0, 0.1) is 0 Å². The van der Waals surface area contributed by atoms with Crippen LogP contribution in [0.3, 0.4) is 0 Å². The van der Waals surface area contributed by atoms with E-state index in [9.17, 15) is 14.4 Å². The predicted molar refractivity (Wildman–Crippen MR) is 88.1 cm³/mol. The molecule has 0 saturated heterocycles. The van der Waals surface area contributed by atoms with Gasteiger partial charge in [-0.05, 0) is 38.1 Å². The Hall–Kier alpha value is -2.90. The van der Waals surface area contributed by atoms with E-state index >= 15 is 0 Å². The van der Waals surface area contributed by atoms with Crippen LogP contribution in [0.1, 0.15) is 13.8 Å². The lowest BCUT2D eigenvalue weighted by molar-refractivity contribution is -0.117. The summed E-state index contributed by atoms with van der Waals surface area (Å²) in [7, 11) is 0. The maximum absolute atomic E-state index is 12.2. The molecule has 0 saturated carbocycles. The van der Waals surface area contributed by atoms with Crippen LogP contribution in [0.5, 0.6) is 5.75 Å². The molecule has 0 atom stereocenters. The second-order valence-electron chi connectivity index (χ2n) is 5.50. The van der Waals surface area contributed by atoms with Crippen LogP contribution in [0.2, 0.25) is 0 Å². The zero-order valence-electron chi connectivity index (χ0n) is 13.6. The van der Waals surface area contributed by atoms with Gasteiger partial charge in [0.05, 0.1) is 6.61 Å². The molecule has 0 unspecified atom stereocenters. The quantitative estimate of drug-likeness (QED) is 0.744. The minimum absolute atomic E-state index is 0.209. The summed E-state index contributed by atoms with van der Waals surface area (Å²) in [5.41, 5.74) is -0.596. The molecule has 24 heavy (non-hydrogen) atoms. The molecule has 0 amide bonds. The van der Waals surface area contributed by atoms with E-state index in [0.29, 0.717) is 25.6 Å². The number of carbonyl (C=O) groups is 1. The van der Waals surface area contributed by atoms with E-state index in [-0.39, 0.29) is 12.3 Å². The minimum Gasteiger partial charge on any atom is -0.494 e. The van der Waals surface area contributed by atoms with Crippen LogP contribution < -0.4 is 20.8 Å². The fraction of sp³-hybridized carbons (Fsp3) is 0.375. The van der Waals surface area contributed by atoms with Crippen LogP contribution in [0.15, 0.2) is 33.9 Å². The van der Waals surface area contributed by atoms with E-state index < -0.39 is 11.1 Å². The highest BCUT2D eigenvalue weighted by atomic mass is 16.5. The molecule has 0 bridgehead atoms. The molecule has 8 heteroatoms. The molecule has 0 fully saturated rings. The Bertz CT molecular complexity index is 882. The van der Waals surface area contributed by atoms with E-state index in [1.165, 1.54) is 11.5 Å². The van der Waals surface area contributed by atoms with E-state index in [1.807, 2.05) is 36.1 Å². The van der Waals surface area contributed by atoms with E-state index in [4.69, 9.17) is 4.74 Å². The first-order valence-electron chi connectivity index (χ1n) is 7.73. The summed E-state index contributed by atoms with van der Waals surface area (Å²) in [6.45, 7) is 4.54. The average Bonchev–Trinajstić information content (AvgIpc) is 2.97. The topological polar surface area (TPSA) is 86.4 Å². The van der Waals surface area contributed by atoms with Gasteiger partial charge in [-0.2, -0.15) is 0 Å². The summed E-state index contributed by atoms with van der Waals surface area (Å²) in [5.74, 6) is 0.886. The van der Waals surface area contributed by atoms with Crippen molar-refractivity contribution in [3.8, 4) is 5.75 Å². The summed E-state index contributed by atoms with van der Waals surface area (Å²) in [6.07, 6.45) is 0. The van der Waals surface area contributed by atoms with Gasteiger partial charge in [0.1, 0.15) is 12.3 Å². The number of nitrogens with zero attached hydrogens (tertiary/aromatic N) is 4. The Morgan fingerprint density at radius 2 is 1.88 bits per heavy atom. The van der Waals surface area contributed by atoms with Crippen LogP contribution >= 0.6 is 0 Å². The number of anilines is 2. The van der Waals surface area contributed by atoms with E-state index in [2.05, 4.69) is 5.10 Å². The Kier molecular flexibility index (Phi) is 4.20. The highest BCUT2D eigenvalue weighted by Gasteiger charge is 2.26. The monoisotopic (exact) mass is 330 g/mol. The van der Waals surface area contributed by atoms with Gasteiger partial charge in [-0.25, -0.2) is 4.68 Å². The number of hydrogen-bond acceptors (Lipinski definition) is 6. The Labute approximate surface area is 137 Å². The molecule has 3 rings (SSSR count). The normalized spacial score (nSPS) is 13.0. The Balaban J connectivity index is 2.01. The second-order valence-corrected chi connectivity index (χ2v) is 5.50. The molecule has 1 aliphatic heterocycles. The molecule has 1 aromatic carbocycles. The standard InChI is InChI=1S/C16H18N4O4/c1-3-24-13-6-4-12(5-7-13)18-8-9-19-14(22)15(23)20(10-11(2)21)17-16(18)19/h4-7H,3,8-10H2,1-2H3. The van der Waals surface area contributed by atoms with Gasteiger partial charge in [0, 0.05) is 18.8 Å². The molecule has 2 aromatic rings. The highest BCUT2D eigenvalue weighted by molar-refractivity contribution is 5.75. The first kappa shape index (κ1) is 16.0. The number of ether oxygens (including phenoxy) is 1. The van der Waals surface area contributed by atoms with Crippen molar-refractivity contribution >= 4 is 17.4 Å². The SMILES string of the molecule is CCOc1ccc(N2CCn3c2nn(CC(C)=O)c(=O)c3=O)cc1. The van der Waals surface area contributed by atoms with Crippen LogP contribution in [0.4, 0.5) is 11.6 Å². The maximum Gasteiger partial charge on any atom is 0.333 e. The first-order chi connectivity index (χ1) is 11.5. The van der Waals surface area contributed by atoms with Crippen molar-refractivity contribution in [1.29, 1.82) is 0 Å². The first-order valence-corrected chi connectivity index (χ1v) is 7.73. The van der Waals surface area contributed by atoms with Crippen molar-refractivity contribution in [2.45, 2.75) is 26.9 Å². The molecular formula is C16H18N4O4. The summed E-state index contributed by atoms with van der Waals surface area (Å²) in [4.78, 5) is 37.3. The maximum atomic E-state index is 12.2. The number of rotatable bonds is 5. The molecule has 1 aliphatic rings. The minimum atomic E-state index is -0.775. The van der Waals surface area contributed by atoms with Crippen molar-refractivity contribution < 1.29 is 9.53 Å². The lowest BCUT2D eigenvalue weighted by Gasteiger charge is -2.18. The van der Waals surface area contributed by atoms with Gasteiger partial charge in [0.2, 0.25) is 5.95 Å². The van der Waals surface area contributed by atoms with E-state index in [0.717, 1.165) is 16.1 Å². The summed E-state index contributed by atoms with van der Waals surface area (Å²) in [5, 5.41) is 4.21. The fourth-order valence-corrected chi connectivity index (χ4v) is 2.68. The lowest BCUT2D eigenvalue weighted by atomic mass is 10.3. The molecule has 126 valence electrons. The van der Waals surface area contributed by atoms with Gasteiger partial charge in [-0.15, -0.1) is 5.10 Å². The van der Waals surface area contributed by atoms with Gasteiger partial charge in [0.25, 0.3) is 0 Å². The van der Waals surface area contributed by atoms with E-state index in [1.54, 1.807) is 0 Å². The predicted octanol–water partition coefficient (Wildman–Crippen LogP) is 0.544. The molecule has 0 N–H and O–H groups in total. The van der Waals surface area contributed by atoms with Crippen molar-refractivity contribution in [2.24, 2.45) is 0 Å². The third-order valence-corrected chi connectivity index (χ3v) is 3.73. The third-order valence-electron chi connectivity index (χ3n) is 3.73. The molecular weight excluding hydrogens is 312 g/mol. The van der Waals surface area contributed by atoms with Crippen LogP contribution in [-0.2, 0) is 17.9 Å². The average molecular weight is 330 g/mol. The number of hydrogen-bond donors (Lipinski definition) is 0. The van der Waals surface area contributed by atoms with Gasteiger partial charge in [0.15, 0.2) is 5.78 Å². The lowest BCUT2D eigenvalue weighted by Crippen LogP contribution is -2.43. The number of benzene rings is 1. The summed E-state index contributed by atoms with van der Waals surface area (Å²) in [6, 6.07) is 7.41. The van der Waals surface area contributed by atoms with Gasteiger partial charge >= 0.3 is 11.1 Å². The van der Waals surface area contributed by atoms with Gasteiger partial charge < -0.3 is 9.64 Å². The molecule has 0 spiro atoms. The Morgan fingerprint density at radius 1 is 1.17 bits per heavy atom. The third kappa shape index (κ3) is 2.82. The molecule has 2 heterocycles.